The molecule has 0 fully saturated rings. The Hall–Kier alpha value is -1.72. The first kappa shape index (κ1) is 13.7. The standard InChI is InChI=1S/C13H14F3N2O/c1-12(2,13(14,15)16)10-11(19)18(3)9-7-5-4-6-8(9)17-10/h4-7,10H,1-3H3/t10-/m1/s1. The van der Waals surface area contributed by atoms with Crippen molar-refractivity contribution in [3.05, 3.63) is 24.3 Å². The molecule has 0 aromatic heterocycles. The van der Waals surface area contributed by atoms with Crippen LogP contribution in [0.1, 0.15) is 13.8 Å². The van der Waals surface area contributed by atoms with E-state index in [1.165, 1.54) is 11.9 Å². The normalized spacial score (nSPS) is 20.0. The van der Waals surface area contributed by atoms with Gasteiger partial charge in [-0.3, -0.25) is 10.1 Å². The minimum Gasteiger partial charge on any atom is -0.312 e. The molecule has 1 amide bonds. The Labute approximate surface area is 109 Å². The molecule has 1 aliphatic heterocycles. The van der Waals surface area contributed by atoms with E-state index in [1.54, 1.807) is 24.3 Å². The van der Waals surface area contributed by atoms with Gasteiger partial charge in [0, 0.05) is 7.05 Å². The number of benzene rings is 1. The quantitative estimate of drug-likeness (QED) is 0.773. The van der Waals surface area contributed by atoms with Crippen LogP contribution in [0.15, 0.2) is 24.3 Å². The highest BCUT2D eigenvalue weighted by atomic mass is 19.4. The molecule has 0 unspecified atom stereocenters. The number of hydrogen-bond donors (Lipinski definition) is 0. The monoisotopic (exact) mass is 271 g/mol. The second-order valence-electron chi connectivity index (χ2n) is 5.14. The van der Waals surface area contributed by atoms with Crippen LogP contribution in [-0.2, 0) is 4.79 Å². The Morgan fingerprint density at radius 3 is 2.37 bits per heavy atom. The van der Waals surface area contributed by atoms with E-state index in [-0.39, 0.29) is 0 Å². The third-order valence-corrected chi connectivity index (χ3v) is 3.49. The third kappa shape index (κ3) is 2.05. The van der Waals surface area contributed by atoms with Crippen molar-refractivity contribution < 1.29 is 18.0 Å². The number of anilines is 1. The second-order valence-corrected chi connectivity index (χ2v) is 5.14. The fourth-order valence-electron chi connectivity index (χ4n) is 1.98. The van der Waals surface area contributed by atoms with Crippen LogP contribution in [0.4, 0.5) is 24.5 Å². The summed E-state index contributed by atoms with van der Waals surface area (Å²) in [5.41, 5.74) is -1.26. The Morgan fingerprint density at radius 2 is 1.79 bits per heavy atom. The topological polar surface area (TPSA) is 34.4 Å². The summed E-state index contributed by atoms with van der Waals surface area (Å²) in [6.07, 6.45) is -4.50. The van der Waals surface area contributed by atoms with Gasteiger partial charge in [0.05, 0.1) is 16.8 Å². The average Bonchev–Trinajstić information content (AvgIpc) is 2.32. The summed E-state index contributed by atoms with van der Waals surface area (Å²) < 4.78 is 39.2. The minimum absolute atomic E-state index is 0.409. The Bertz CT molecular complexity index is 511. The molecule has 2 rings (SSSR count). The summed E-state index contributed by atoms with van der Waals surface area (Å²) in [5, 5.41) is 4.00. The number of hydrogen-bond acceptors (Lipinski definition) is 1. The van der Waals surface area contributed by atoms with Crippen LogP contribution in [-0.4, -0.2) is 25.2 Å². The van der Waals surface area contributed by atoms with Gasteiger partial charge in [-0.05, 0) is 26.0 Å². The number of nitrogens with zero attached hydrogens (tertiary/aromatic N) is 2. The van der Waals surface area contributed by atoms with Gasteiger partial charge in [0.1, 0.15) is 6.04 Å². The molecule has 103 valence electrons. The molecule has 6 heteroatoms. The molecule has 1 heterocycles. The zero-order valence-corrected chi connectivity index (χ0v) is 10.8. The van der Waals surface area contributed by atoms with Gasteiger partial charge >= 0.3 is 6.18 Å². The van der Waals surface area contributed by atoms with E-state index in [4.69, 9.17) is 0 Å². The maximum Gasteiger partial charge on any atom is 0.396 e. The molecule has 1 aliphatic rings. The molecule has 1 aromatic rings. The predicted octanol–water partition coefficient (Wildman–Crippen LogP) is 2.86. The van der Waals surface area contributed by atoms with Crippen LogP contribution in [0, 0.1) is 5.41 Å². The molecular formula is C13H14F3N2O. The summed E-state index contributed by atoms with van der Waals surface area (Å²) in [6, 6.07) is 5.22. The fraction of sp³-hybridized carbons (Fsp3) is 0.462. The maximum atomic E-state index is 13.1. The largest absolute Gasteiger partial charge is 0.396 e. The van der Waals surface area contributed by atoms with E-state index in [0.29, 0.717) is 11.4 Å². The van der Waals surface area contributed by atoms with E-state index >= 15 is 0 Å². The summed E-state index contributed by atoms with van der Waals surface area (Å²) in [5.74, 6) is -0.638. The number of carbonyl (C=O) groups is 1. The number of amides is 1. The number of alkyl halides is 3. The van der Waals surface area contributed by atoms with Crippen molar-refractivity contribution in [2.24, 2.45) is 5.41 Å². The van der Waals surface area contributed by atoms with Crippen molar-refractivity contribution in [2.45, 2.75) is 26.1 Å². The fourth-order valence-corrected chi connectivity index (χ4v) is 1.98. The van der Waals surface area contributed by atoms with Crippen LogP contribution in [0.2, 0.25) is 0 Å². The first-order chi connectivity index (χ1) is 8.66. The molecule has 0 bridgehead atoms. The van der Waals surface area contributed by atoms with Crippen LogP contribution in [0.25, 0.3) is 0 Å². The lowest BCUT2D eigenvalue weighted by Crippen LogP contribution is -2.57. The smallest absolute Gasteiger partial charge is 0.312 e. The van der Waals surface area contributed by atoms with Gasteiger partial charge < -0.3 is 4.90 Å². The van der Waals surface area contributed by atoms with E-state index in [2.05, 4.69) is 5.32 Å². The molecule has 3 nitrogen and oxygen atoms in total. The van der Waals surface area contributed by atoms with Crippen LogP contribution in [0.3, 0.4) is 0 Å². The van der Waals surface area contributed by atoms with Gasteiger partial charge in [0.2, 0.25) is 0 Å². The molecule has 0 saturated carbocycles. The van der Waals surface area contributed by atoms with Crippen molar-refractivity contribution in [2.75, 3.05) is 11.9 Å². The molecule has 0 saturated heterocycles. The zero-order chi connectivity index (χ0) is 14.4. The van der Waals surface area contributed by atoms with Crippen LogP contribution >= 0.6 is 0 Å². The molecule has 1 radical (unpaired) electrons. The molecule has 0 aliphatic carbocycles. The van der Waals surface area contributed by atoms with E-state index < -0.39 is 23.5 Å². The van der Waals surface area contributed by atoms with Gasteiger partial charge in [-0.2, -0.15) is 13.2 Å². The van der Waals surface area contributed by atoms with E-state index in [0.717, 1.165) is 13.8 Å². The van der Waals surface area contributed by atoms with E-state index in [9.17, 15) is 18.0 Å². The molecule has 1 aromatic carbocycles. The highest BCUT2D eigenvalue weighted by Gasteiger charge is 2.57. The number of likely N-dealkylation sites (N-methyl/N-ethyl adjacent to an activating group) is 1. The first-order valence-electron chi connectivity index (χ1n) is 5.80. The number of carbonyl (C=O) groups excluding carboxylic acids is 1. The lowest BCUT2D eigenvalue weighted by molar-refractivity contribution is -0.220. The first-order valence-corrected chi connectivity index (χ1v) is 5.80. The maximum absolute atomic E-state index is 13.1. The highest BCUT2D eigenvalue weighted by molar-refractivity contribution is 6.02. The number of halogens is 3. The minimum atomic E-state index is -4.50. The summed E-state index contributed by atoms with van der Waals surface area (Å²) in [4.78, 5) is 13.4. The summed E-state index contributed by atoms with van der Waals surface area (Å²) >= 11 is 0. The second kappa shape index (κ2) is 4.15. The summed E-state index contributed by atoms with van der Waals surface area (Å²) in [6.45, 7) is 2.00. The molecule has 1 atom stereocenters. The molecule has 0 spiro atoms. The van der Waals surface area contributed by atoms with Crippen molar-refractivity contribution in [1.82, 2.24) is 5.32 Å². The van der Waals surface area contributed by atoms with Gasteiger partial charge in [-0.15, -0.1) is 0 Å². The van der Waals surface area contributed by atoms with Gasteiger partial charge in [-0.25, -0.2) is 0 Å². The van der Waals surface area contributed by atoms with Crippen molar-refractivity contribution in [3.8, 4) is 0 Å². The Morgan fingerprint density at radius 1 is 1.21 bits per heavy atom. The van der Waals surface area contributed by atoms with Crippen molar-refractivity contribution in [3.63, 3.8) is 0 Å². The van der Waals surface area contributed by atoms with Crippen LogP contribution in [0.5, 0.6) is 0 Å². The summed E-state index contributed by atoms with van der Waals surface area (Å²) in [7, 11) is 1.47. The van der Waals surface area contributed by atoms with Crippen molar-refractivity contribution in [1.29, 1.82) is 0 Å². The predicted molar refractivity (Wildman–Crippen MR) is 65.3 cm³/mol. The SMILES string of the molecule is CN1C(=O)[C@H](C(C)(C)C(F)(F)F)[N]c2ccccc21. The van der Waals surface area contributed by atoms with Crippen molar-refractivity contribution >= 4 is 17.3 Å². The molecule has 0 N–H and O–H groups in total. The lowest BCUT2D eigenvalue weighted by Gasteiger charge is -2.40. The van der Waals surface area contributed by atoms with Gasteiger partial charge in [0.25, 0.3) is 5.91 Å². The number of rotatable bonds is 1. The van der Waals surface area contributed by atoms with Gasteiger partial charge in [0.15, 0.2) is 0 Å². The molecule has 19 heavy (non-hydrogen) atoms. The molecular weight excluding hydrogens is 257 g/mol. The van der Waals surface area contributed by atoms with Gasteiger partial charge in [-0.1, -0.05) is 12.1 Å². The average molecular weight is 271 g/mol. The zero-order valence-electron chi connectivity index (χ0n) is 10.8. The third-order valence-electron chi connectivity index (χ3n) is 3.49. The number of para-hydroxylation sites is 2. The van der Waals surface area contributed by atoms with Crippen LogP contribution < -0.4 is 10.2 Å². The Balaban J connectivity index is 2.45. The lowest BCUT2D eigenvalue weighted by atomic mass is 9.81. The highest BCUT2D eigenvalue weighted by Crippen LogP contribution is 2.44. The number of fused-ring (bicyclic) bond motifs is 1. The Kier molecular flexibility index (Phi) is 2.99. The van der Waals surface area contributed by atoms with E-state index in [1.807, 2.05) is 0 Å².